The molecule has 0 unspecified atom stereocenters. The van der Waals surface area contributed by atoms with E-state index in [-0.39, 0.29) is 0 Å². The number of hydrogen-bond donors (Lipinski definition) is 0. The third-order valence-corrected chi connectivity index (χ3v) is 2.67. The van der Waals surface area contributed by atoms with Gasteiger partial charge in [-0.15, -0.1) is 0 Å². The lowest BCUT2D eigenvalue weighted by Crippen LogP contribution is -1.81. The van der Waals surface area contributed by atoms with Gasteiger partial charge in [0.05, 0.1) is 5.52 Å². The Balaban J connectivity index is 2.86. The van der Waals surface area contributed by atoms with Gasteiger partial charge in [-0.1, -0.05) is 0 Å². The second kappa shape index (κ2) is 3.11. The lowest BCUT2D eigenvalue weighted by Gasteiger charge is -1.98. The van der Waals surface area contributed by atoms with Crippen molar-refractivity contribution in [1.29, 1.82) is 0 Å². The fourth-order valence-electron chi connectivity index (χ4n) is 0.984. The van der Waals surface area contributed by atoms with Crippen LogP contribution in [-0.2, 0) is 0 Å². The number of fused-ring (bicyclic) bond motifs is 1. The maximum Gasteiger partial charge on any atom is 0.108 e. The van der Waals surface area contributed by atoms with E-state index in [1.807, 2.05) is 12.1 Å². The van der Waals surface area contributed by atoms with Crippen molar-refractivity contribution in [2.45, 2.75) is 0 Å². The van der Waals surface area contributed by atoms with Crippen LogP contribution in [0.2, 0.25) is 0 Å². The molecule has 0 amide bonds. The zero-order valence-corrected chi connectivity index (χ0v) is 9.13. The van der Waals surface area contributed by atoms with Gasteiger partial charge < -0.3 is 0 Å². The van der Waals surface area contributed by atoms with Gasteiger partial charge in [0, 0.05) is 22.3 Å². The van der Waals surface area contributed by atoms with Gasteiger partial charge in [-0.2, -0.15) is 0 Å². The third-order valence-electron chi connectivity index (χ3n) is 1.54. The zero-order chi connectivity index (χ0) is 8.55. The Bertz CT molecular complexity index is 428. The van der Waals surface area contributed by atoms with Crippen LogP contribution < -0.4 is 0 Å². The molecule has 0 aromatic carbocycles. The van der Waals surface area contributed by atoms with Crippen molar-refractivity contribution >= 4 is 42.8 Å². The van der Waals surface area contributed by atoms with Gasteiger partial charge in [-0.25, -0.2) is 4.98 Å². The van der Waals surface area contributed by atoms with Crippen LogP contribution in [0.5, 0.6) is 0 Å². The van der Waals surface area contributed by atoms with E-state index < -0.39 is 0 Å². The molecule has 0 radical (unpaired) electrons. The van der Waals surface area contributed by atoms with Gasteiger partial charge in [0.2, 0.25) is 0 Å². The number of halogens is 2. The van der Waals surface area contributed by atoms with Gasteiger partial charge in [0.15, 0.2) is 0 Å². The highest BCUT2D eigenvalue weighted by atomic mass is 79.9. The summed E-state index contributed by atoms with van der Waals surface area (Å²) in [5.74, 6) is 0. The Morgan fingerprint density at radius 3 is 2.83 bits per heavy atom. The van der Waals surface area contributed by atoms with Crippen molar-refractivity contribution in [2.75, 3.05) is 0 Å². The summed E-state index contributed by atoms with van der Waals surface area (Å²) in [6, 6.07) is 3.79. The molecule has 2 nitrogen and oxygen atoms in total. The highest BCUT2D eigenvalue weighted by Gasteiger charge is 1.99. The zero-order valence-electron chi connectivity index (χ0n) is 5.96. The monoisotopic (exact) mass is 286 g/mol. The first kappa shape index (κ1) is 8.13. The van der Waals surface area contributed by atoms with Crippen LogP contribution in [0.4, 0.5) is 0 Å². The van der Waals surface area contributed by atoms with Crippen molar-refractivity contribution in [3.05, 3.63) is 33.6 Å². The van der Waals surface area contributed by atoms with Crippen LogP contribution in [0.25, 0.3) is 10.9 Å². The number of pyridine rings is 2. The Kier molecular flexibility index (Phi) is 2.11. The Morgan fingerprint density at radius 2 is 2.00 bits per heavy atom. The first-order valence-corrected chi connectivity index (χ1v) is 4.92. The highest BCUT2D eigenvalue weighted by molar-refractivity contribution is 9.11. The Hall–Kier alpha value is -0.480. The molecule has 2 heterocycles. The molecule has 2 aromatic rings. The van der Waals surface area contributed by atoms with Crippen LogP contribution >= 0.6 is 31.9 Å². The summed E-state index contributed by atoms with van der Waals surface area (Å²) < 4.78 is 1.83. The molecule has 0 aliphatic rings. The molecule has 0 N–H and O–H groups in total. The molecule has 0 aliphatic carbocycles. The molecule has 0 saturated carbocycles. The summed E-state index contributed by atoms with van der Waals surface area (Å²) in [4.78, 5) is 8.32. The summed E-state index contributed by atoms with van der Waals surface area (Å²) in [5, 5.41) is 1.03. The molecule has 60 valence electrons. The smallest absolute Gasteiger partial charge is 0.108 e. The first-order chi connectivity index (χ1) is 5.77. The van der Waals surface area contributed by atoms with Crippen LogP contribution in [0.3, 0.4) is 0 Å². The van der Waals surface area contributed by atoms with Gasteiger partial charge in [-0.05, 0) is 44.0 Å². The van der Waals surface area contributed by atoms with E-state index in [2.05, 4.69) is 41.8 Å². The van der Waals surface area contributed by atoms with Crippen LogP contribution in [0.15, 0.2) is 33.6 Å². The van der Waals surface area contributed by atoms with Crippen LogP contribution in [-0.4, -0.2) is 9.97 Å². The summed E-state index contributed by atoms with van der Waals surface area (Å²) in [6.07, 6.45) is 3.55. The summed E-state index contributed by atoms with van der Waals surface area (Å²) in [5.41, 5.74) is 0.936. The standard InChI is InChI=1S/C8H4Br2N2/c9-6-1-2-11-7-3-8(10)12-4-5(6)7/h1-4H. The SMILES string of the molecule is Brc1cc2nccc(Br)c2cn1. The van der Waals surface area contributed by atoms with E-state index in [4.69, 9.17) is 0 Å². The topological polar surface area (TPSA) is 25.8 Å². The molecule has 12 heavy (non-hydrogen) atoms. The molecular weight excluding hydrogens is 284 g/mol. The summed E-state index contributed by atoms with van der Waals surface area (Å²) >= 11 is 6.72. The van der Waals surface area contributed by atoms with E-state index in [0.29, 0.717) is 0 Å². The van der Waals surface area contributed by atoms with Crippen LogP contribution in [0, 0.1) is 0 Å². The van der Waals surface area contributed by atoms with Crippen molar-refractivity contribution in [1.82, 2.24) is 9.97 Å². The minimum absolute atomic E-state index is 0.806. The average Bonchev–Trinajstić information content (AvgIpc) is 2.04. The molecule has 2 aromatic heterocycles. The Morgan fingerprint density at radius 1 is 1.17 bits per heavy atom. The molecular formula is C8H4Br2N2. The van der Waals surface area contributed by atoms with Crippen LogP contribution in [0.1, 0.15) is 0 Å². The lowest BCUT2D eigenvalue weighted by molar-refractivity contribution is 1.28. The van der Waals surface area contributed by atoms with Crippen molar-refractivity contribution in [2.24, 2.45) is 0 Å². The lowest BCUT2D eigenvalue weighted by atomic mass is 10.3. The molecule has 0 aliphatic heterocycles. The maximum atomic E-state index is 4.20. The highest BCUT2D eigenvalue weighted by Crippen LogP contribution is 2.22. The second-order valence-electron chi connectivity index (χ2n) is 2.32. The van der Waals surface area contributed by atoms with E-state index >= 15 is 0 Å². The molecule has 0 bridgehead atoms. The number of nitrogens with zero attached hydrogens (tertiary/aromatic N) is 2. The van der Waals surface area contributed by atoms with Crippen molar-refractivity contribution < 1.29 is 0 Å². The predicted molar refractivity (Wildman–Crippen MR) is 54.9 cm³/mol. The molecule has 2 rings (SSSR count). The van der Waals surface area contributed by atoms with Gasteiger partial charge in [0.1, 0.15) is 4.60 Å². The van der Waals surface area contributed by atoms with Crippen molar-refractivity contribution in [3.63, 3.8) is 0 Å². The third kappa shape index (κ3) is 1.36. The molecule has 0 saturated heterocycles. The second-order valence-corrected chi connectivity index (χ2v) is 3.98. The van der Waals surface area contributed by atoms with E-state index in [0.717, 1.165) is 20.0 Å². The fourth-order valence-corrected chi connectivity index (χ4v) is 1.73. The number of rotatable bonds is 0. The van der Waals surface area contributed by atoms with Gasteiger partial charge in [-0.3, -0.25) is 4.98 Å². The van der Waals surface area contributed by atoms with E-state index in [1.54, 1.807) is 12.4 Å². The minimum atomic E-state index is 0.806. The first-order valence-electron chi connectivity index (χ1n) is 3.33. The molecule has 4 heteroatoms. The minimum Gasteiger partial charge on any atom is -0.256 e. The van der Waals surface area contributed by atoms with Gasteiger partial charge in [0.25, 0.3) is 0 Å². The molecule has 0 spiro atoms. The van der Waals surface area contributed by atoms with Gasteiger partial charge >= 0.3 is 0 Å². The van der Waals surface area contributed by atoms with E-state index in [1.165, 1.54) is 0 Å². The number of aromatic nitrogens is 2. The maximum absolute atomic E-state index is 4.20. The predicted octanol–water partition coefficient (Wildman–Crippen LogP) is 3.15. The fraction of sp³-hybridized carbons (Fsp3) is 0. The Labute approximate surface area is 86.3 Å². The van der Waals surface area contributed by atoms with Crippen molar-refractivity contribution in [3.8, 4) is 0 Å². The summed E-state index contributed by atoms with van der Waals surface area (Å²) in [7, 11) is 0. The number of hydrogen-bond acceptors (Lipinski definition) is 2. The largest absolute Gasteiger partial charge is 0.256 e. The normalized spacial score (nSPS) is 10.5. The van der Waals surface area contributed by atoms with E-state index in [9.17, 15) is 0 Å². The summed E-state index contributed by atoms with van der Waals surface area (Å²) in [6.45, 7) is 0. The average molecular weight is 288 g/mol. The quantitative estimate of drug-likeness (QED) is 0.696. The molecule has 0 fully saturated rings. The molecule has 0 atom stereocenters.